The molecule has 0 aromatic heterocycles. The Bertz CT molecular complexity index is 730. The first-order chi connectivity index (χ1) is 11.5. The summed E-state index contributed by atoms with van der Waals surface area (Å²) in [5.41, 5.74) is 2.15. The molecule has 1 aliphatic heterocycles. The Labute approximate surface area is 150 Å². The van der Waals surface area contributed by atoms with E-state index in [0.717, 1.165) is 27.8 Å². The number of hydrogen-bond donors (Lipinski definition) is 1. The van der Waals surface area contributed by atoms with Crippen molar-refractivity contribution >= 4 is 21.8 Å². The van der Waals surface area contributed by atoms with Gasteiger partial charge in [-0.05, 0) is 44.2 Å². The molecule has 0 radical (unpaired) electrons. The van der Waals surface area contributed by atoms with Crippen molar-refractivity contribution in [2.24, 2.45) is 0 Å². The van der Waals surface area contributed by atoms with Crippen molar-refractivity contribution in [1.82, 2.24) is 5.32 Å². The van der Waals surface area contributed by atoms with Gasteiger partial charge in [-0.1, -0.05) is 33.6 Å². The van der Waals surface area contributed by atoms with Crippen molar-refractivity contribution in [1.29, 1.82) is 0 Å². The van der Waals surface area contributed by atoms with Crippen molar-refractivity contribution in [3.63, 3.8) is 0 Å². The van der Waals surface area contributed by atoms with Crippen LogP contribution in [-0.2, 0) is 4.79 Å². The van der Waals surface area contributed by atoms with E-state index in [2.05, 4.69) is 21.2 Å². The van der Waals surface area contributed by atoms with Gasteiger partial charge in [-0.15, -0.1) is 0 Å². The van der Waals surface area contributed by atoms with Gasteiger partial charge in [0.05, 0.1) is 12.6 Å². The van der Waals surface area contributed by atoms with Gasteiger partial charge in [-0.3, -0.25) is 4.79 Å². The van der Waals surface area contributed by atoms with Gasteiger partial charge in [-0.25, -0.2) is 0 Å². The summed E-state index contributed by atoms with van der Waals surface area (Å²) in [4.78, 5) is 12.5. The minimum Gasteiger partial charge on any atom is -0.493 e. The van der Waals surface area contributed by atoms with Gasteiger partial charge in [0.1, 0.15) is 11.5 Å². The average Bonchev–Trinajstić information content (AvgIpc) is 2.57. The number of carbonyl (C=O) groups excluding carboxylic acids is 1. The van der Waals surface area contributed by atoms with Crippen LogP contribution in [0, 0.1) is 6.92 Å². The molecule has 126 valence electrons. The number of benzene rings is 2. The molecule has 0 fully saturated rings. The van der Waals surface area contributed by atoms with E-state index in [4.69, 9.17) is 9.47 Å². The predicted octanol–water partition coefficient (Wildman–Crippen LogP) is 4.16. The second kappa shape index (κ2) is 7.26. The normalized spacial score (nSPS) is 17.4. The third-order valence-electron chi connectivity index (χ3n) is 4.03. The quantitative estimate of drug-likeness (QED) is 0.853. The van der Waals surface area contributed by atoms with Gasteiger partial charge in [0, 0.05) is 16.5 Å². The molecular weight excluding hydrogens is 370 g/mol. The smallest absolute Gasteiger partial charge is 0.261 e. The summed E-state index contributed by atoms with van der Waals surface area (Å²) in [5.74, 6) is 1.38. The number of fused-ring (bicyclic) bond motifs is 1. The fourth-order valence-corrected chi connectivity index (χ4v) is 3.06. The summed E-state index contributed by atoms with van der Waals surface area (Å²) in [7, 11) is 0. The van der Waals surface area contributed by atoms with Crippen LogP contribution in [0.2, 0.25) is 0 Å². The summed E-state index contributed by atoms with van der Waals surface area (Å²) >= 11 is 3.47. The van der Waals surface area contributed by atoms with E-state index in [1.54, 1.807) is 6.92 Å². The van der Waals surface area contributed by atoms with Gasteiger partial charge in [0.15, 0.2) is 6.10 Å². The molecule has 5 heteroatoms. The van der Waals surface area contributed by atoms with Gasteiger partial charge < -0.3 is 14.8 Å². The van der Waals surface area contributed by atoms with E-state index in [0.29, 0.717) is 12.4 Å². The lowest BCUT2D eigenvalue weighted by molar-refractivity contribution is -0.128. The average molecular weight is 390 g/mol. The Morgan fingerprint density at radius 1 is 1.29 bits per heavy atom. The van der Waals surface area contributed by atoms with E-state index in [1.807, 2.05) is 49.4 Å². The maximum atomic E-state index is 12.5. The zero-order valence-electron chi connectivity index (χ0n) is 13.7. The van der Waals surface area contributed by atoms with Crippen LogP contribution < -0.4 is 14.8 Å². The van der Waals surface area contributed by atoms with E-state index >= 15 is 0 Å². The van der Waals surface area contributed by atoms with Crippen LogP contribution >= 0.6 is 15.9 Å². The number of rotatable bonds is 4. The number of carbonyl (C=O) groups is 1. The first kappa shape index (κ1) is 16.8. The lowest BCUT2D eigenvalue weighted by atomic mass is 10.0. The van der Waals surface area contributed by atoms with Crippen LogP contribution in [0.4, 0.5) is 0 Å². The highest BCUT2D eigenvalue weighted by Gasteiger charge is 2.25. The molecular formula is C19H20BrNO3. The highest BCUT2D eigenvalue weighted by molar-refractivity contribution is 9.10. The molecule has 1 heterocycles. The third-order valence-corrected chi connectivity index (χ3v) is 4.52. The van der Waals surface area contributed by atoms with Crippen LogP contribution in [-0.4, -0.2) is 18.6 Å². The zero-order valence-corrected chi connectivity index (χ0v) is 15.3. The van der Waals surface area contributed by atoms with Crippen LogP contribution in [0.25, 0.3) is 0 Å². The molecule has 1 aliphatic rings. The minimum atomic E-state index is -0.564. The van der Waals surface area contributed by atoms with Crippen molar-refractivity contribution in [3.05, 3.63) is 58.1 Å². The number of nitrogens with one attached hydrogen (secondary N) is 1. The van der Waals surface area contributed by atoms with Crippen molar-refractivity contribution in [2.45, 2.75) is 32.4 Å². The van der Waals surface area contributed by atoms with Crippen LogP contribution in [0.3, 0.4) is 0 Å². The highest BCUT2D eigenvalue weighted by Crippen LogP contribution is 2.34. The van der Waals surface area contributed by atoms with E-state index in [-0.39, 0.29) is 11.9 Å². The van der Waals surface area contributed by atoms with Crippen molar-refractivity contribution in [3.8, 4) is 11.5 Å². The van der Waals surface area contributed by atoms with Gasteiger partial charge in [0.25, 0.3) is 5.91 Å². The number of aryl methyl sites for hydroxylation is 1. The molecule has 1 N–H and O–H groups in total. The summed E-state index contributed by atoms with van der Waals surface area (Å²) in [6.07, 6.45) is 0.179. The maximum Gasteiger partial charge on any atom is 0.261 e. The Balaban J connectivity index is 1.67. The standard InChI is InChI=1S/C19H20BrNO3/c1-12-3-6-15(7-4-12)24-13(2)19(22)21-17-9-10-23-18-8-5-14(20)11-16(17)18/h3-8,11,13,17H,9-10H2,1-2H3,(H,21,22). The minimum absolute atomic E-state index is 0.0668. The monoisotopic (exact) mass is 389 g/mol. The molecule has 2 atom stereocenters. The Morgan fingerprint density at radius 3 is 2.79 bits per heavy atom. The summed E-state index contributed by atoms with van der Waals surface area (Å²) in [6, 6.07) is 13.5. The van der Waals surface area contributed by atoms with E-state index in [1.165, 1.54) is 0 Å². The summed E-state index contributed by atoms with van der Waals surface area (Å²) in [6.45, 7) is 4.36. The fourth-order valence-electron chi connectivity index (χ4n) is 2.68. The number of halogens is 1. The van der Waals surface area contributed by atoms with Crippen LogP contribution in [0.5, 0.6) is 11.5 Å². The molecule has 2 aromatic carbocycles. The zero-order chi connectivity index (χ0) is 17.1. The number of ether oxygens (including phenoxy) is 2. The SMILES string of the molecule is Cc1ccc(OC(C)C(=O)NC2CCOc3ccc(Br)cc32)cc1. The molecule has 4 nitrogen and oxygen atoms in total. The lowest BCUT2D eigenvalue weighted by Crippen LogP contribution is -2.40. The van der Waals surface area contributed by atoms with Crippen LogP contribution in [0.1, 0.15) is 30.5 Å². The Kier molecular flexibility index (Phi) is 5.09. The van der Waals surface area contributed by atoms with Gasteiger partial charge >= 0.3 is 0 Å². The molecule has 2 unspecified atom stereocenters. The molecule has 0 saturated heterocycles. The summed E-state index contributed by atoms with van der Waals surface area (Å²) < 4.78 is 12.4. The van der Waals surface area contributed by atoms with Gasteiger partial charge in [-0.2, -0.15) is 0 Å². The topological polar surface area (TPSA) is 47.6 Å². The molecule has 2 aromatic rings. The maximum absolute atomic E-state index is 12.5. The molecule has 24 heavy (non-hydrogen) atoms. The Hall–Kier alpha value is -2.01. The molecule has 3 rings (SSSR count). The predicted molar refractivity (Wildman–Crippen MR) is 96.4 cm³/mol. The molecule has 0 spiro atoms. The van der Waals surface area contributed by atoms with Crippen molar-refractivity contribution in [2.75, 3.05) is 6.61 Å². The van der Waals surface area contributed by atoms with E-state index in [9.17, 15) is 4.79 Å². The summed E-state index contributed by atoms with van der Waals surface area (Å²) in [5, 5.41) is 3.07. The number of hydrogen-bond acceptors (Lipinski definition) is 3. The second-order valence-corrected chi connectivity index (χ2v) is 6.87. The van der Waals surface area contributed by atoms with E-state index < -0.39 is 6.10 Å². The highest BCUT2D eigenvalue weighted by atomic mass is 79.9. The van der Waals surface area contributed by atoms with Crippen LogP contribution in [0.15, 0.2) is 46.9 Å². The fraction of sp³-hybridized carbons (Fsp3) is 0.316. The van der Waals surface area contributed by atoms with Crippen molar-refractivity contribution < 1.29 is 14.3 Å². The molecule has 0 saturated carbocycles. The molecule has 1 amide bonds. The van der Waals surface area contributed by atoms with Gasteiger partial charge in [0.2, 0.25) is 0 Å². The number of amides is 1. The largest absolute Gasteiger partial charge is 0.493 e. The first-order valence-corrected chi connectivity index (χ1v) is 8.78. The molecule has 0 aliphatic carbocycles. The first-order valence-electron chi connectivity index (χ1n) is 7.99. The lowest BCUT2D eigenvalue weighted by Gasteiger charge is -2.28. The third kappa shape index (κ3) is 3.90. The second-order valence-electron chi connectivity index (χ2n) is 5.95. The Morgan fingerprint density at radius 2 is 2.04 bits per heavy atom. The molecule has 0 bridgehead atoms.